The van der Waals surface area contributed by atoms with E-state index < -0.39 is 0 Å². The van der Waals surface area contributed by atoms with Gasteiger partial charge in [-0.15, -0.1) is 0 Å². The van der Waals surface area contributed by atoms with Gasteiger partial charge >= 0.3 is 0 Å². The van der Waals surface area contributed by atoms with E-state index in [0.29, 0.717) is 23.8 Å². The van der Waals surface area contributed by atoms with E-state index in [1.54, 1.807) is 0 Å². The second-order valence-electron chi connectivity index (χ2n) is 7.12. The first-order chi connectivity index (χ1) is 13.1. The number of carbonyl (C=O) groups is 1. The second kappa shape index (κ2) is 7.28. The molecule has 27 heavy (non-hydrogen) atoms. The number of rotatable bonds is 5. The first kappa shape index (κ1) is 17.9. The van der Waals surface area contributed by atoms with Gasteiger partial charge in [0.15, 0.2) is 0 Å². The van der Waals surface area contributed by atoms with Crippen molar-refractivity contribution in [3.05, 3.63) is 64.8 Å². The van der Waals surface area contributed by atoms with Crippen LogP contribution < -0.4 is 10.1 Å². The van der Waals surface area contributed by atoms with Crippen molar-refractivity contribution in [2.75, 3.05) is 6.54 Å². The maximum Gasteiger partial charge on any atom is 0.267 e. The van der Waals surface area contributed by atoms with E-state index >= 15 is 0 Å². The number of nitrogens with zero attached hydrogens (tertiary/aromatic N) is 1. The molecule has 0 saturated carbocycles. The van der Waals surface area contributed by atoms with Gasteiger partial charge < -0.3 is 14.6 Å². The molecule has 4 nitrogen and oxygen atoms in total. The first-order valence-electron chi connectivity index (χ1n) is 9.40. The van der Waals surface area contributed by atoms with Crippen LogP contribution in [0.1, 0.15) is 42.2 Å². The summed E-state index contributed by atoms with van der Waals surface area (Å²) in [6, 6.07) is 15.8. The van der Waals surface area contributed by atoms with Gasteiger partial charge in [0.25, 0.3) is 5.91 Å². The monoisotopic (exact) mass is 382 g/mol. The summed E-state index contributed by atoms with van der Waals surface area (Å²) < 4.78 is 8.10. The van der Waals surface area contributed by atoms with E-state index in [1.807, 2.05) is 36.4 Å². The van der Waals surface area contributed by atoms with Gasteiger partial charge in [-0.2, -0.15) is 0 Å². The lowest BCUT2D eigenvalue weighted by atomic mass is 10.0. The average Bonchev–Trinajstić information content (AvgIpc) is 3.10. The molecule has 2 heterocycles. The number of hydrogen-bond acceptors (Lipinski definition) is 2. The molecule has 0 aliphatic carbocycles. The van der Waals surface area contributed by atoms with E-state index in [1.165, 1.54) is 5.56 Å². The Labute approximate surface area is 164 Å². The zero-order chi connectivity index (χ0) is 19.0. The van der Waals surface area contributed by atoms with Gasteiger partial charge in [-0.25, -0.2) is 0 Å². The summed E-state index contributed by atoms with van der Waals surface area (Å²) in [6.07, 6.45) is 0.942. The molecule has 5 heteroatoms. The third kappa shape index (κ3) is 3.30. The normalized spacial score (nSPS) is 16.8. The number of aromatic nitrogens is 1. The fraction of sp³-hybridized carbons (Fsp3) is 0.318. The van der Waals surface area contributed by atoms with E-state index in [9.17, 15) is 4.79 Å². The largest absolute Gasteiger partial charge is 0.486 e. The molecule has 0 spiro atoms. The van der Waals surface area contributed by atoms with E-state index in [0.717, 1.165) is 23.1 Å². The Hall–Kier alpha value is -2.46. The molecule has 0 saturated heterocycles. The van der Waals surface area contributed by atoms with Gasteiger partial charge in [0.2, 0.25) is 0 Å². The summed E-state index contributed by atoms with van der Waals surface area (Å²) in [6.45, 7) is 5.45. The van der Waals surface area contributed by atoms with Crippen LogP contribution in [-0.2, 0) is 6.54 Å². The van der Waals surface area contributed by atoms with Crippen LogP contribution >= 0.6 is 11.6 Å². The fourth-order valence-electron chi connectivity index (χ4n) is 3.66. The maximum atomic E-state index is 13.0. The number of nitrogens with one attached hydrogen (secondary N) is 1. The van der Waals surface area contributed by atoms with Crippen LogP contribution in [0, 0.1) is 0 Å². The molecule has 1 aliphatic rings. The molecule has 140 valence electrons. The minimum atomic E-state index is -0.0762. The summed E-state index contributed by atoms with van der Waals surface area (Å²) in [5.74, 6) is 0.962. The Balaban J connectivity index is 1.61. The van der Waals surface area contributed by atoms with Gasteiger partial charge in [0.05, 0.1) is 17.1 Å². The standard InChI is InChI=1S/C22H23ClN2O2/c1-3-16-13-25-19(11-17-18(23)9-10-20(27-16)21(17)25)22(26)24-12-14(2)15-7-5-4-6-8-15/h4-11,14,16H,3,12-13H2,1-2H3,(H,24,26). The van der Waals surface area contributed by atoms with Crippen molar-refractivity contribution in [2.45, 2.75) is 38.8 Å². The van der Waals surface area contributed by atoms with Crippen LogP contribution in [0.2, 0.25) is 5.02 Å². The van der Waals surface area contributed by atoms with Crippen molar-refractivity contribution in [3.63, 3.8) is 0 Å². The molecule has 1 N–H and O–H groups in total. The lowest BCUT2D eigenvalue weighted by Gasteiger charge is -2.26. The molecule has 2 unspecified atom stereocenters. The van der Waals surface area contributed by atoms with Gasteiger partial charge in [-0.3, -0.25) is 4.79 Å². The van der Waals surface area contributed by atoms with Crippen LogP contribution in [0.25, 0.3) is 10.9 Å². The average molecular weight is 383 g/mol. The number of hydrogen-bond donors (Lipinski definition) is 1. The second-order valence-corrected chi connectivity index (χ2v) is 7.53. The Bertz CT molecular complexity index is 981. The number of amides is 1. The van der Waals surface area contributed by atoms with Gasteiger partial charge in [0.1, 0.15) is 17.5 Å². The molecule has 1 amide bonds. The number of halogens is 1. The SMILES string of the molecule is CCC1Cn2c(C(=O)NCC(C)c3ccccc3)cc3c(Cl)ccc(c32)O1. The zero-order valence-electron chi connectivity index (χ0n) is 15.5. The molecule has 0 radical (unpaired) electrons. The highest BCUT2D eigenvalue weighted by Crippen LogP contribution is 2.38. The molecule has 0 bridgehead atoms. The summed E-state index contributed by atoms with van der Waals surface area (Å²) in [5.41, 5.74) is 2.76. The molecule has 2 aromatic carbocycles. The molecular formula is C22H23ClN2O2. The molecule has 1 aliphatic heterocycles. The predicted molar refractivity (Wildman–Crippen MR) is 109 cm³/mol. The van der Waals surface area contributed by atoms with Crippen LogP contribution in [0.3, 0.4) is 0 Å². The highest BCUT2D eigenvalue weighted by molar-refractivity contribution is 6.36. The van der Waals surface area contributed by atoms with Crippen molar-refractivity contribution < 1.29 is 9.53 Å². The number of benzene rings is 2. The Morgan fingerprint density at radius 1 is 1.30 bits per heavy atom. The van der Waals surface area contributed by atoms with E-state index in [2.05, 4.69) is 35.9 Å². The third-order valence-electron chi connectivity index (χ3n) is 5.27. The number of carbonyl (C=O) groups excluding carboxylic acids is 1. The van der Waals surface area contributed by atoms with Crippen molar-refractivity contribution in [2.24, 2.45) is 0 Å². The predicted octanol–water partition coefficient (Wildman–Crippen LogP) is 5.00. The summed E-state index contributed by atoms with van der Waals surface area (Å²) in [4.78, 5) is 13.0. The Morgan fingerprint density at radius 2 is 2.07 bits per heavy atom. The lowest BCUT2D eigenvalue weighted by Crippen LogP contribution is -2.32. The summed E-state index contributed by atoms with van der Waals surface area (Å²) in [7, 11) is 0. The van der Waals surface area contributed by atoms with Crippen molar-refractivity contribution >= 4 is 28.4 Å². The molecule has 4 rings (SSSR count). The van der Waals surface area contributed by atoms with Gasteiger partial charge in [-0.05, 0) is 36.1 Å². The quantitative estimate of drug-likeness (QED) is 0.674. The molecule has 1 aromatic heterocycles. The molecule has 3 aromatic rings. The number of ether oxygens (including phenoxy) is 1. The van der Waals surface area contributed by atoms with Crippen molar-refractivity contribution in [3.8, 4) is 5.75 Å². The van der Waals surface area contributed by atoms with Crippen LogP contribution in [-0.4, -0.2) is 23.1 Å². The first-order valence-corrected chi connectivity index (χ1v) is 9.77. The minimum absolute atomic E-state index is 0.0593. The summed E-state index contributed by atoms with van der Waals surface area (Å²) >= 11 is 6.38. The maximum absolute atomic E-state index is 13.0. The highest BCUT2D eigenvalue weighted by atomic mass is 35.5. The molecule has 2 atom stereocenters. The Morgan fingerprint density at radius 3 is 2.81 bits per heavy atom. The topological polar surface area (TPSA) is 43.3 Å². The molecular weight excluding hydrogens is 360 g/mol. The van der Waals surface area contributed by atoms with Gasteiger partial charge in [-0.1, -0.05) is 55.8 Å². The lowest BCUT2D eigenvalue weighted by molar-refractivity contribution is 0.0936. The zero-order valence-corrected chi connectivity index (χ0v) is 16.3. The summed E-state index contributed by atoms with van der Waals surface area (Å²) in [5, 5.41) is 4.59. The van der Waals surface area contributed by atoms with Crippen molar-refractivity contribution in [1.82, 2.24) is 9.88 Å². The van der Waals surface area contributed by atoms with Crippen LogP contribution in [0.4, 0.5) is 0 Å². The van der Waals surface area contributed by atoms with Crippen LogP contribution in [0.5, 0.6) is 5.75 Å². The molecule has 0 fully saturated rings. The Kier molecular flexibility index (Phi) is 4.83. The van der Waals surface area contributed by atoms with Crippen LogP contribution in [0.15, 0.2) is 48.5 Å². The highest BCUT2D eigenvalue weighted by Gasteiger charge is 2.27. The van der Waals surface area contributed by atoms with Gasteiger partial charge in [0, 0.05) is 11.9 Å². The fourth-order valence-corrected chi connectivity index (χ4v) is 3.86. The smallest absolute Gasteiger partial charge is 0.267 e. The third-order valence-corrected chi connectivity index (χ3v) is 5.60. The van der Waals surface area contributed by atoms with E-state index in [-0.39, 0.29) is 17.9 Å². The van der Waals surface area contributed by atoms with E-state index in [4.69, 9.17) is 16.3 Å². The van der Waals surface area contributed by atoms with Crippen molar-refractivity contribution in [1.29, 1.82) is 0 Å². The minimum Gasteiger partial charge on any atom is -0.486 e.